The van der Waals surface area contributed by atoms with Crippen LogP contribution in [0, 0.1) is 36.5 Å². The van der Waals surface area contributed by atoms with Gasteiger partial charge in [0, 0.05) is 5.92 Å². The SMILES string of the molecule is COc1cc(C=CC2C3=CCC4C(=O)N(O)C(=O)C4C3CC3C(=O)N(Nc4ccc(C)cc4)C(=O)C23c2ccccc2)cc(OC)c1O. The lowest BCUT2D eigenvalue weighted by atomic mass is 9.50. The fourth-order valence-corrected chi connectivity index (χ4v) is 8.19. The fraction of sp³-hybridized carbons (Fsp3) is 0.297. The zero-order valence-corrected chi connectivity index (χ0v) is 26.6. The van der Waals surface area contributed by atoms with Crippen LogP contribution in [0.4, 0.5) is 5.69 Å². The van der Waals surface area contributed by atoms with E-state index in [4.69, 9.17) is 9.47 Å². The number of methoxy groups -OCH3 is 2. The van der Waals surface area contributed by atoms with Crippen LogP contribution in [0.25, 0.3) is 6.08 Å². The Morgan fingerprint density at radius 1 is 0.896 bits per heavy atom. The van der Waals surface area contributed by atoms with Gasteiger partial charge in [0.2, 0.25) is 5.75 Å². The highest BCUT2D eigenvalue weighted by Gasteiger charge is 2.69. The Balaban J connectivity index is 1.43. The summed E-state index contributed by atoms with van der Waals surface area (Å²) in [6.45, 7) is 1.94. The Morgan fingerprint density at radius 2 is 1.56 bits per heavy atom. The monoisotopic (exact) mass is 649 g/mol. The number of phenolic OH excluding ortho intramolecular Hbond substituents is 1. The molecule has 48 heavy (non-hydrogen) atoms. The molecular weight excluding hydrogens is 614 g/mol. The molecule has 4 aliphatic rings. The van der Waals surface area contributed by atoms with Crippen LogP contribution in [0.5, 0.6) is 17.2 Å². The lowest BCUT2D eigenvalue weighted by molar-refractivity contribution is -0.173. The molecular formula is C37H35N3O8. The number of benzene rings is 3. The molecule has 4 amide bonds. The number of ether oxygens (including phenoxy) is 2. The summed E-state index contributed by atoms with van der Waals surface area (Å²) in [4.78, 5) is 55.8. The Kier molecular flexibility index (Phi) is 7.59. The first-order valence-corrected chi connectivity index (χ1v) is 15.8. The van der Waals surface area contributed by atoms with Gasteiger partial charge < -0.3 is 14.6 Å². The zero-order valence-electron chi connectivity index (χ0n) is 26.6. The third-order valence-electron chi connectivity index (χ3n) is 10.4. The van der Waals surface area contributed by atoms with Crippen LogP contribution in [0.2, 0.25) is 0 Å². The summed E-state index contributed by atoms with van der Waals surface area (Å²) < 4.78 is 10.7. The molecule has 2 saturated heterocycles. The van der Waals surface area contributed by atoms with Crippen molar-refractivity contribution < 1.29 is 39.0 Å². The first-order chi connectivity index (χ1) is 23.1. The summed E-state index contributed by atoms with van der Waals surface area (Å²) in [7, 11) is 2.85. The Bertz CT molecular complexity index is 1860. The number of anilines is 1. The molecule has 246 valence electrons. The molecule has 0 spiro atoms. The molecule has 2 heterocycles. The first kappa shape index (κ1) is 31.2. The van der Waals surface area contributed by atoms with Gasteiger partial charge in [-0.3, -0.25) is 29.8 Å². The van der Waals surface area contributed by atoms with Crippen molar-refractivity contribution in [3.8, 4) is 17.2 Å². The second-order valence-electron chi connectivity index (χ2n) is 12.8. The number of nitrogens with one attached hydrogen (secondary N) is 1. The van der Waals surface area contributed by atoms with Crippen LogP contribution in [-0.4, -0.2) is 58.2 Å². The summed E-state index contributed by atoms with van der Waals surface area (Å²) in [5, 5.41) is 22.2. The fourth-order valence-electron chi connectivity index (χ4n) is 8.19. The first-order valence-electron chi connectivity index (χ1n) is 15.8. The summed E-state index contributed by atoms with van der Waals surface area (Å²) in [6, 6.07) is 19.8. The van der Waals surface area contributed by atoms with Crippen LogP contribution in [0.15, 0.2) is 84.5 Å². The maximum atomic E-state index is 15.0. The largest absolute Gasteiger partial charge is 0.502 e. The molecule has 2 aliphatic carbocycles. The van der Waals surface area contributed by atoms with Gasteiger partial charge in [-0.1, -0.05) is 71.8 Å². The van der Waals surface area contributed by atoms with Crippen molar-refractivity contribution in [3.05, 3.63) is 101 Å². The number of nitrogens with zero attached hydrogens (tertiary/aromatic N) is 2. The van der Waals surface area contributed by atoms with Crippen molar-refractivity contribution in [2.45, 2.75) is 25.2 Å². The molecule has 3 aromatic carbocycles. The van der Waals surface area contributed by atoms with Gasteiger partial charge in [0.15, 0.2) is 11.5 Å². The van der Waals surface area contributed by atoms with E-state index in [1.807, 2.05) is 61.5 Å². The summed E-state index contributed by atoms with van der Waals surface area (Å²) in [5.74, 6) is -5.93. The standard InChI is InChI=1S/C37H35N3O8/c1-20-9-12-23(13-10-20)38-39-34(43)28-19-26-24(14-15-25-31(26)35(44)40(46)33(25)42)27(37(28,36(39)45)22-7-5-4-6-8-22)16-11-21-17-29(47-2)32(41)30(18-21)48-3/h4-14,16-18,25-28,31,38,41,46H,15,19H2,1-3H3. The highest BCUT2D eigenvalue weighted by Crippen LogP contribution is 2.61. The predicted octanol–water partition coefficient (Wildman–Crippen LogP) is 4.64. The molecule has 3 N–H and O–H groups in total. The van der Waals surface area contributed by atoms with Gasteiger partial charge in [-0.15, -0.1) is 0 Å². The van der Waals surface area contributed by atoms with Crippen molar-refractivity contribution >= 4 is 35.4 Å². The number of aromatic hydroxyl groups is 1. The van der Waals surface area contributed by atoms with E-state index in [0.29, 0.717) is 16.8 Å². The third kappa shape index (κ3) is 4.52. The predicted molar refractivity (Wildman–Crippen MR) is 173 cm³/mol. The maximum absolute atomic E-state index is 15.0. The molecule has 6 atom stereocenters. The number of fused-ring (bicyclic) bond motifs is 4. The molecule has 3 fully saturated rings. The number of allylic oxidation sites excluding steroid dienone is 3. The molecule has 0 bridgehead atoms. The van der Waals surface area contributed by atoms with Gasteiger partial charge in [0.1, 0.15) is 0 Å². The van der Waals surface area contributed by atoms with E-state index >= 15 is 4.79 Å². The normalized spacial score (nSPS) is 27.9. The lowest BCUT2D eigenvalue weighted by Crippen LogP contribution is -2.54. The van der Waals surface area contributed by atoms with Crippen LogP contribution >= 0.6 is 0 Å². The average Bonchev–Trinajstić information content (AvgIpc) is 3.45. The lowest BCUT2D eigenvalue weighted by Gasteiger charge is -2.49. The van der Waals surface area contributed by atoms with Gasteiger partial charge >= 0.3 is 0 Å². The van der Waals surface area contributed by atoms with Crippen molar-refractivity contribution in [1.82, 2.24) is 10.1 Å². The molecule has 3 aromatic rings. The molecule has 11 nitrogen and oxygen atoms in total. The van der Waals surface area contributed by atoms with Gasteiger partial charge in [0.05, 0.1) is 43.1 Å². The van der Waals surface area contributed by atoms with E-state index in [1.165, 1.54) is 14.2 Å². The number of carbonyl (C=O) groups excluding carboxylic acids is 4. The minimum absolute atomic E-state index is 0.122. The smallest absolute Gasteiger partial charge is 0.260 e. The van der Waals surface area contributed by atoms with Crippen molar-refractivity contribution in [2.24, 2.45) is 29.6 Å². The second-order valence-corrected chi connectivity index (χ2v) is 12.8. The van der Waals surface area contributed by atoms with Crippen LogP contribution < -0.4 is 14.9 Å². The molecule has 0 aromatic heterocycles. The highest BCUT2D eigenvalue weighted by molar-refractivity contribution is 6.12. The summed E-state index contributed by atoms with van der Waals surface area (Å²) in [5.41, 5.74) is 5.20. The number of hydrogen-bond acceptors (Lipinski definition) is 9. The van der Waals surface area contributed by atoms with Crippen molar-refractivity contribution in [2.75, 3.05) is 19.6 Å². The number of hydrogen-bond donors (Lipinski definition) is 3. The number of amides is 4. The number of rotatable bonds is 7. The third-order valence-corrected chi connectivity index (χ3v) is 10.4. The molecule has 11 heteroatoms. The number of phenols is 1. The Labute approximate surface area is 277 Å². The van der Waals surface area contributed by atoms with Gasteiger partial charge in [-0.25, -0.2) is 0 Å². The molecule has 6 unspecified atom stereocenters. The molecule has 2 aliphatic heterocycles. The number of hydroxylamine groups is 2. The van der Waals surface area contributed by atoms with Gasteiger partial charge in [0.25, 0.3) is 23.6 Å². The van der Waals surface area contributed by atoms with E-state index in [9.17, 15) is 24.7 Å². The Hall–Kier alpha value is -5.42. The minimum Gasteiger partial charge on any atom is -0.502 e. The number of hydrazine groups is 1. The van der Waals surface area contributed by atoms with Crippen LogP contribution in [0.1, 0.15) is 29.5 Å². The van der Waals surface area contributed by atoms with E-state index < -0.39 is 58.6 Å². The quantitative estimate of drug-likeness (QED) is 0.189. The molecule has 1 saturated carbocycles. The number of imide groups is 2. The number of aryl methyl sites for hydroxylation is 1. The highest BCUT2D eigenvalue weighted by atomic mass is 16.5. The van der Waals surface area contributed by atoms with Crippen LogP contribution in [-0.2, 0) is 24.6 Å². The maximum Gasteiger partial charge on any atom is 0.260 e. The second kappa shape index (κ2) is 11.7. The van der Waals surface area contributed by atoms with Crippen LogP contribution in [0.3, 0.4) is 0 Å². The molecule has 0 radical (unpaired) electrons. The minimum atomic E-state index is -1.42. The zero-order chi connectivity index (χ0) is 33.9. The Morgan fingerprint density at radius 3 is 2.21 bits per heavy atom. The van der Waals surface area contributed by atoms with E-state index in [-0.39, 0.29) is 35.2 Å². The molecule has 7 rings (SSSR count). The van der Waals surface area contributed by atoms with Gasteiger partial charge in [-0.2, -0.15) is 10.1 Å². The van der Waals surface area contributed by atoms with E-state index in [1.54, 1.807) is 30.3 Å². The average molecular weight is 650 g/mol. The van der Waals surface area contributed by atoms with E-state index in [0.717, 1.165) is 16.1 Å². The van der Waals surface area contributed by atoms with Gasteiger partial charge in [-0.05, 0) is 61.1 Å². The topological polar surface area (TPSA) is 146 Å². The van der Waals surface area contributed by atoms with Crippen molar-refractivity contribution in [3.63, 3.8) is 0 Å². The van der Waals surface area contributed by atoms with E-state index in [2.05, 4.69) is 5.43 Å². The number of carbonyl (C=O) groups is 4. The van der Waals surface area contributed by atoms with Crippen molar-refractivity contribution in [1.29, 1.82) is 0 Å². The summed E-state index contributed by atoms with van der Waals surface area (Å²) >= 11 is 0. The summed E-state index contributed by atoms with van der Waals surface area (Å²) in [6.07, 6.45) is 5.85.